The van der Waals surface area contributed by atoms with E-state index >= 15 is 0 Å². The molecule has 1 aromatic carbocycles. The Labute approximate surface area is 161 Å². The van der Waals surface area contributed by atoms with Gasteiger partial charge in [0.2, 0.25) is 0 Å². The van der Waals surface area contributed by atoms with Gasteiger partial charge in [0, 0.05) is 37.1 Å². The second-order valence-corrected chi connectivity index (χ2v) is 8.52. The second kappa shape index (κ2) is 6.67. The van der Waals surface area contributed by atoms with Crippen molar-refractivity contribution in [1.29, 1.82) is 0 Å². The smallest absolute Gasteiger partial charge is 0.368 e. The standard InChI is InChI=1S/C20H24F3N3O2/c1-19(20(21,22)23)8-9-25(12-19)18(28)17(27)24-14-3-6-15(7-4-14)26-11-13-2-5-16(26)10-13/h3-4,6-7,13,16H,2,5,8-12H2,1H3,(H,24,27). The first-order valence-corrected chi connectivity index (χ1v) is 9.70. The first-order chi connectivity index (χ1) is 13.2. The number of hydrogen-bond acceptors (Lipinski definition) is 3. The average molecular weight is 395 g/mol. The lowest BCUT2D eigenvalue weighted by Crippen LogP contribution is -2.42. The van der Waals surface area contributed by atoms with Crippen LogP contribution in [0.2, 0.25) is 0 Å². The van der Waals surface area contributed by atoms with Gasteiger partial charge in [0.05, 0.1) is 5.41 Å². The van der Waals surface area contributed by atoms with Crippen LogP contribution in [0.5, 0.6) is 0 Å². The van der Waals surface area contributed by atoms with Crippen molar-refractivity contribution in [3.05, 3.63) is 24.3 Å². The van der Waals surface area contributed by atoms with Crippen molar-refractivity contribution >= 4 is 23.2 Å². The van der Waals surface area contributed by atoms with E-state index in [0.29, 0.717) is 11.7 Å². The van der Waals surface area contributed by atoms with Crippen molar-refractivity contribution in [3.63, 3.8) is 0 Å². The molecule has 3 atom stereocenters. The number of fused-ring (bicyclic) bond motifs is 2. The van der Waals surface area contributed by atoms with E-state index in [2.05, 4.69) is 10.2 Å². The Morgan fingerprint density at radius 2 is 1.89 bits per heavy atom. The number of amides is 2. The number of nitrogens with zero attached hydrogens (tertiary/aromatic N) is 2. The molecule has 28 heavy (non-hydrogen) atoms. The van der Waals surface area contributed by atoms with Crippen LogP contribution in [0.3, 0.4) is 0 Å². The Morgan fingerprint density at radius 1 is 1.18 bits per heavy atom. The minimum atomic E-state index is -4.40. The van der Waals surface area contributed by atoms with E-state index in [9.17, 15) is 22.8 Å². The SMILES string of the molecule is CC1(C(F)(F)F)CCN(C(=O)C(=O)Nc2ccc(N3CC4CCC3C4)cc2)C1. The summed E-state index contributed by atoms with van der Waals surface area (Å²) in [4.78, 5) is 27.8. The van der Waals surface area contributed by atoms with Crippen LogP contribution in [-0.4, -0.2) is 48.6 Å². The Kier molecular flexibility index (Phi) is 4.55. The van der Waals surface area contributed by atoms with Gasteiger partial charge >= 0.3 is 18.0 Å². The molecule has 2 bridgehead atoms. The molecule has 3 unspecified atom stereocenters. The molecule has 152 valence electrons. The Morgan fingerprint density at radius 3 is 2.43 bits per heavy atom. The van der Waals surface area contributed by atoms with Gasteiger partial charge in [-0.25, -0.2) is 0 Å². The maximum Gasteiger partial charge on any atom is 0.395 e. The van der Waals surface area contributed by atoms with Crippen LogP contribution in [0, 0.1) is 11.3 Å². The summed E-state index contributed by atoms with van der Waals surface area (Å²) in [5.74, 6) is -1.06. The van der Waals surface area contributed by atoms with Crippen molar-refractivity contribution < 1.29 is 22.8 Å². The fourth-order valence-corrected chi connectivity index (χ4v) is 4.67. The average Bonchev–Trinajstić information content (AvgIpc) is 3.37. The molecule has 1 aliphatic carbocycles. The summed E-state index contributed by atoms with van der Waals surface area (Å²) in [6.07, 6.45) is -0.850. The highest BCUT2D eigenvalue weighted by Gasteiger charge is 2.55. The molecular weight excluding hydrogens is 371 g/mol. The zero-order valence-corrected chi connectivity index (χ0v) is 15.8. The lowest BCUT2D eigenvalue weighted by Gasteiger charge is -2.29. The van der Waals surface area contributed by atoms with Gasteiger partial charge in [-0.2, -0.15) is 13.2 Å². The summed E-state index contributed by atoms with van der Waals surface area (Å²) in [6, 6.07) is 7.88. The van der Waals surface area contributed by atoms with Gasteiger partial charge in [0.1, 0.15) is 0 Å². The number of piperidine rings is 1. The van der Waals surface area contributed by atoms with Crippen LogP contribution in [0.15, 0.2) is 24.3 Å². The number of carbonyl (C=O) groups excluding carboxylic acids is 2. The lowest BCUT2D eigenvalue weighted by molar-refractivity contribution is -0.212. The summed E-state index contributed by atoms with van der Waals surface area (Å²) in [5.41, 5.74) is -0.402. The molecular formula is C20H24F3N3O2. The summed E-state index contributed by atoms with van der Waals surface area (Å²) < 4.78 is 39.3. The predicted molar refractivity (Wildman–Crippen MR) is 98.9 cm³/mol. The van der Waals surface area contributed by atoms with Crippen molar-refractivity contribution in [2.24, 2.45) is 11.3 Å². The minimum Gasteiger partial charge on any atom is -0.368 e. The Bertz CT molecular complexity index is 780. The van der Waals surface area contributed by atoms with Gasteiger partial charge in [-0.05, 0) is 62.8 Å². The molecule has 0 radical (unpaired) electrons. The molecule has 8 heteroatoms. The largest absolute Gasteiger partial charge is 0.395 e. The number of likely N-dealkylation sites (tertiary alicyclic amines) is 1. The first-order valence-electron chi connectivity index (χ1n) is 9.70. The molecule has 4 rings (SSSR count). The molecule has 3 fully saturated rings. The summed E-state index contributed by atoms with van der Waals surface area (Å²) >= 11 is 0. The van der Waals surface area contributed by atoms with E-state index < -0.39 is 30.0 Å². The second-order valence-electron chi connectivity index (χ2n) is 8.52. The van der Waals surface area contributed by atoms with Gasteiger partial charge in [-0.1, -0.05) is 0 Å². The van der Waals surface area contributed by atoms with Crippen LogP contribution in [0.1, 0.15) is 32.6 Å². The van der Waals surface area contributed by atoms with E-state index in [1.165, 1.54) is 19.3 Å². The van der Waals surface area contributed by atoms with Crippen LogP contribution in [0.25, 0.3) is 0 Å². The van der Waals surface area contributed by atoms with Crippen molar-refractivity contribution in [3.8, 4) is 0 Å². The summed E-state index contributed by atoms with van der Waals surface area (Å²) in [5, 5.41) is 2.51. The van der Waals surface area contributed by atoms with E-state index in [1.54, 1.807) is 12.1 Å². The fraction of sp³-hybridized carbons (Fsp3) is 0.600. The quantitative estimate of drug-likeness (QED) is 0.781. The van der Waals surface area contributed by atoms with E-state index in [0.717, 1.165) is 30.0 Å². The highest BCUT2D eigenvalue weighted by molar-refractivity contribution is 6.39. The highest BCUT2D eigenvalue weighted by atomic mass is 19.4. The molecule has 0 aromatic heterocycles. The molecule has 2 heterocycles. The maximum atomic E-state index is 13.1. The third-order valence-corrected chi connectivity index (χ3v) is 6.51. The van der Waals surface area contributed by atoms with Crippen molar-refractivity contribution in [2.45, 2.75) is 44.8 Å². The number of alkyl halides is 3. The zero-order valence-electron chi connectivity index (χ0n) is 15.8. The topological polar surface area (TPSA) is 52.7 Å². The van der Waals surface area contributed by atoms with E-state index in [4.69, 9.17) is 0 Å². The molecule has 2 amide bonds. The molecule has 3 aliphatic rings. The number of halogens is 3. The monoisotopic (exact) mass is 395 g/mol. The number of carbonyl (C=O) groups is 2. The van der Waals surface area contributed by atoms with Gasteiger partial charge in [-0.3, -0.25) is 9.59 Å². The molecule has 0 spiro atoms. The van der Waals surface area contributed by atoms with Crippen molar-refractivity contribution in [1.82, 2.24) is 4.90 Å². The number of nitrogens with one attached hydrogen (secondary N) is 1. The van der Waals surface area contributed by atoms with Crippen LogP contribution < -0.4 is 10.2 Å². The van der Waals surface area contributed by atoms with E-state index in [1.807, 2.05) is 12.1 Å². The lowest BCUT2D eigenvalue weighted by atomic mass is 9.89. The van der Waals surface area contributed by atoms with Crippen molar-refractivity contribution in [2.75, 3.05) is 29.9 Å². The molecule has 1 saturated carbocycles. The summed E-state index contributed by atoms with van der Waals surface area (Å²) in [7, 11) is 0. The number of rotatable bonds is 2. The van der Waals surface area contributed by atoms with E-state index in [-0.39, 0.29) is 13.0 Å². The molecule has 5 nitrogen and oxygen atoms in total. The van der Waals surface area contributed by atoms with Gasteiger partial charge in [0.25, 0.3) is 0 Å². The Balaban J connectivity index is 1.35. The molecule has 1 aromatic rings. The Hall–Kier alpha value is -2.25. The van der Waals surface area contributed by atoms with Crippen LogP contribution in [-0.2, 0) is 9.59 Å². The first kappa shape index (κ1) is 19.1. The number of hydrogen-bond donors (Lipinski definition) is 1. The predicted octanol–water partition coefficient (Wildman–Crippen LogP) is 3.41. The molecule has 2 aliphatic heterocycles. The summed E-state index contributed by atoms with van der Waals surface area (Å²) in [6.45, 7) is 1.58. The number of benzene rings is 1. The highest BCUT2D eigenvalue weighted by Crippen LogP contribution is 2.45. The minimum absolute atomic E-state index is 0.0707. The fourth-order valence-electron chi connectivity index (χ4n) is 4.67. The zero-order chi connectivity index (χ0) is 20.1. The third-order valence-electron chi connectivity index (χ3n) is 6.51. The van der Waals surface area contributed by atoms with Gasteiger partial charge in [0.15, 0.2) is 0 Å². The van der Waals surface area contributed by atoms with Crippen LogP contribution in [0.4, 0.5) is 24.5 Å². The molecule has 1 N–H and O–H groups in total. The van der Waals surface area contributed by atoms with Gasteiger partial charge in [-0.15, -0.1) is 0 Å². The van der Waals surface area contributed by atoms with Crippen LogP contribution >= 0.6 is 0 Å². The maximum absolute atomic E-state index is 13.1. The normalized spacial score (nSPS) is 29.4. The van der Waals surface area contributed by atoms with Gasteiger partial charge < -0.3 is 15.1 Å². The molecule has 2 saturated heterocycles. The third kappa shape index (κ3) is 3.33. The number of anilines is 2.